The van der Waals surface area contributed by atoms with Gasteiger partial charge in [0.2, 0.25) is 0 Å². The van der Waals surface area contributed by atoms with Gasteiger partial charge in [0.05, 0.1) is 15.1 Å². The van der Waals surface area contributed by atoms with Crippen LogP contribution in [0, 0.1) is 10.1 Å². The number of nitro benzene ring substituents is 1. The number of carbonyl (C=O) groups excluding carboxylic acids is 1. The number of amides is 1. The number of rotatable bonds is 5. The molecule has 0 atom stereocenters. The predicted molar refractivity (Wildman–Crippen MR) is 105 cm³/mol. The average molecular weight is 387 g/mol. The fraction of sp³-hybridized carbons (Fsp3) is 0.222. The van der Waals surface area contributed by atoms with Crippen molar-refractivity contribution in [3.63, 3.8) is 0 Å². The Morgan fingerprint density at radius 1 is 1.27 bits per heavy atom. The summed E-state index contributed by atoms with van der Waals surface area (Å²) in [7, 11) is 0. The first-order chi connectivity index (χ1) is 12.5. The normalized spacial score (nSPS) is 11.8. The van der Waals surface area contributed by atoms with Crippen molar-refractivity contribution in [2.75, 3.05) is 5.75 Å². The number of thiazole rings is 1. The second kappa shape index (κ2) is 7.84. The standard InChI is InChI=1S/C18H17N3O3S2/c1-3-20-15-11-13(21(23)24)8-9-16(15)26-18(20)19-17(22)12-6-5-7-14(10-12)25-4-2/h5-11H,3-4H2,1-2H3. The van der Waals surface area contributed by atoms with Gasteiger partial charge in [0, 0.05) is 29.1 Å². The van der Waals surface area contributed by atoms with Gasteiger partial charge in [-0.1, -0.05) is 24.3 Å². The molecule has 6 nitrogen and oxygen atoms in total. The fourth-order valence-corrected chi connectivity index (χ4v) is 4.39. The maximum Gasteiger partial charge on any atom is 0.279 e. The molecule has 2 aromatic carbocycles. The van der Waals surface area contributed by atoms with Crippen LogP contribution in [0.1, 0.15) is 24.2 Å². The zero-order valence-corrected chi connectivity index (χ0v) is 16.0. The molecule has 8 heteroatoms. The van der Waals surface area contributed by atoms with Crippen molar-refractivity contribution in [3.8, 4) is 0 Å². The monoisotopic (exact) mass is 387 g/mol. The van der Waals surface area contributed by atoms with Crippen LogP contribution in [0.3, 0.4) is 0 Å². The fourth-order valence-electron chi connectivity index (χ4n) is 2.60. The number of hydrogen-bond acceptors (Lipinski definition) is 5. The van der Waals surface area contributed by atoms with Gasteiger partial charge in [-0.05, 0) is 36.9 Å². The number of hydrogen-bond donors (Lipinski definition) is 0. The molecule has 0 aliphatic carbocycles. The number of benzene rings is 2. The summed E-state index contributed by atoms with van der Waals surface area (Å²) in [5, 5.41) is 11.0. The Kier molecular flexibility index (Phi) is 5.53. The van der Waals surface area contributed by atoms with Crippen molar-refractivity contribution >= 4 is 44.9 Å². The third-order valence-electron chi connectivity index (χ3n) is 3.78. The maximum atomic E-state index is 12.6. The summed E-state index contributed by atoms with van der Waals surface area (Å²) in [6.07, 6.45) is 0. The lowest BCUT2D eigenvalue weighted by atomic mass is 10.2. The van der Waals surface area contributed by atoms with Gasteiger partial charge in [-0.2, -0.15) is 4.99 Å². The molecular formula is C18H17N3O3S2. The third-order valence-corrected chi connectivity index (χ3v) is 5.72. The maximum absolute atomic E-state index is 12.6. The number of aryl methyl sites for hydroxylation is 1. The first-order valence-corrected chi connectivity index (χ1v) is 9.93. The lowest BCUT2D eigenvalue weighted by Gasteiger charge is -2.02. The number of nitrogens with zero attached hydrogens (tertiary/aromatic N) is 3. The van der Waals surface area contributed by atoms with E-state index in [1.807, 2.05) is 29.7 Å². The third kappa shape index (κ3) is 3.71. The molecule has 3 rings (SSSR count). The minimum atomic E-state index is -0.421. The van der Waals surface area contributed by atoms with Gasteiger partial charge >= 0.3 is 0 Å². The number of nitro groups is 1. The highest BCUT2D eigenvalue weighted by Crippen LogP contribution is 2.23. The topological polar surface area (TPSA) is 77.5 Å². The molecule has 1 aromatic heterocycles. The van der Waals surface area contributed by atoms with E-state index in [1.165, 1.54) is 23.5 Å². The van der Waals surface area contributed by atoms with E-state index in [0.717, 1.165) is 15.3 Å². The van der Waals surface area contributed by atoms with Crippen LogP contribution >= 0.6 is 23.1 Å². The van der Waals surface area contributed by atoms with Gasteiger partial charge in [-0.3, -0.25) is 14.9 Å². The van der Waals surface area contributed by atoms with E-state index in [1.54, 1.807) is 23.9 Å². The van der Waals surface area contributed by atoms with Gasteiger partial charge in [-0.15, -0.1) is 11.8 Å². The van der Waals surface area contributed by atoms with Crippen LogP contribution in [0.4, 0.5) is 5.69 Å². The van der Waals surface area contributed by atoms with Crippen LogP contribution in [0.25, 0.3) is 10.2 Å². The summed E-state index contributed by atoms with van der Waals surface area (Å²) >= 11 is 3.02. The summed E-state index contributed by atoms with van der Waals surface area (Å²) < 4.78 is 2.69. The smallest absolute Gasteiger partial charge is 0.279 e. The van der Waals surface area contributed by atoms with Gasteiger partial charge in [0.25, 0.3) is 11.6 Å². The van der Waals surface area contributed by atoms with E-state index in [0.29, 0.717) is 22.4 Å². The van der Waals surface area contributed by atoms with Crippen molar-refractivity contribution in [1.82, 2.24) is 4.57 Å². The second-order valence-electron chi connectivity index (χ2n) is 5.42. The molecule has 0 aliphatic rings. The molecular weight excluding hydrogens is 370 g/mol. The first kappa shape index (κ1) is 18.3. The van der Waals surface area contributed by atoms with E-state index < -0.39 is 4.92 Å². The minimum Gasteiger partial charge on any atom is -0.316 e. The molecule has 0 saturated heterocycles. The second-order valence-corrected chi connectivity index (χ2v) is 7.76. The number of thioether (sulfide) groups is 1. The Morgan fingerprint density at radius 2 is 2.08 bits per heavy atom. The number of fused-ring (bicyclic) bond motifs is 1. The quantitative estimate of drug-likeness (QED) is 0.367. The van der Waals surface area contributed by atoms with Crippen molar-refractivity contribution in [1.29, 1.82) is 0 Å². The number of non-ortho nitro benzene ring substituents is 1. The van der Waals surface area contributed by atoms with Crippen molar-refractivity contribution in [3.05, 3.63) is 62.9 Å². The van der Waals surface area contributed by atoms with E-state index in [4.69, 9.17) is 0 Å². The molecule has 0 unspecified atom stereocenters. The Balaban J connectivity index is 2.07. The van der Waals surface area contributed by atoms with Crippen LogP contribution in [0.15, 0.2) is 52.4 Å². The van der Waals surface area contributed by atoms with Crippen molar-refractivity contribution < 1.29 is 9.72 Å². The Morgan fingerprint density at radius 3 is 2.77 bits per heavy atom. The van der Waals surface area contributed by atoms with Gasteiger partial charge in [0.15, 0.2) is 4.80 Å². The van der Waals surface area contributed by atoms with E-state index >= 15 is 0 Å². The molecule has 3 aromatic rings. The summed E-state index contributed by atoms with van der Waals surface area (Å²) in [4.78, 5) is 29.0. The highest BCUT2D eigenvalue weighted by Gasteiger charge is 2.13. The molecule has 1 amide bonds. The van der Waals surface area contributed by atoms with Crippen molar-refractivity contribution in [2.24, 2.45) is 4.99 Å². The zero-order chi connectivity index (χ0) is 18.7. The molecule has 0 radical (unpaired) electrons. The van der Waals surface area contributed by atoms with Crippen LogP contribution in [0.5, 0.6) is 0 Å². The summed E-state index contributed by atoms with van der Waals surface area (Å²) in [6.45, 7) is 4.55. The molecule has 0 aliphatic heterocycles. The molecule has 0 bridgehead atoms. The SMILES string of the molecule is CCSc1cccc(C(=O)N=c2sc3ccc([N+](=O)[O-])cc3n2CC)c1. The number of carbonyl (C=O) groups is 1. The minimum absolute atomic E-state index is 0.0275. The summed E-state index contributed by atoms with van der Waals surface area (Å²) in [5.41, 5.74) is 1.28. The molecule has 0 N–H and O–H groups in total. The van der Waals surface area contributed by atoms with Crippen LogP contribution in [-0.2, 0) is 6.54 Å². The van der Waals surface area contributed by atoms with Crippen molar-refractivity contribution in [2.45, 2.75) is 25.3 Å². The van der Waals surface area contributed by atoms with Crippen LogP contribution in [0.2, 0.25) is 0 Å². The molecule has 0 spiro atoms. The molecule has 134 valence electrons. The lowest BCUT2D eigenvalue weighted by molar-refractivity contribution is -0.384. The Hall–Kier alpha value is -2.45. The highest BCUT2D eigenvalue weighted by atomic mass is 32.2. The molecule has 26 heavy (non-hydrogen) atoms. The van der Waals surface area contributed by atoms with Gasteiger partial charge in [0.1, 0.15) is 0 Å². The molecule has 1 heterocycles. The summed E-state index contributed by atoms with van der Waals surface area (Å²) in [5.74, 6) is 0.617. The zero-order valence-electron chi connectivity index (χ0n) is 14.3. The first-order valence-electron chi connectivity index (χ1n) is 8.13. The lowest BCUT2D eigenvalue weighted by Crippen LogP contribution is -2.16. The van der Waals surface area contributed by atoms with Crippen LogP contribution in [-0.4, -0.2) is 21.2 Å². The van der Waals surface area contributed by atoms with Crippen LogP contribution < -0.4 is 4.80 Å². The predicted octanol–water partition coefficient (Wildman–Crippen LogP) is 4.48. The Labute approximate surface area is 158 Å². The molecule has 0 fully saturated rings. The molecule has 0 saturated carbocycles. The van der Waals surface area contributed by atoms with E-state index in [2.05, 4.69) is 11.9 Å². The van der Waals surface area contributed by atoms with Gasteiger partial charge in [-0.25, -0.2) is 0 Å². The Bertz CT molecular complexity index is 1050. The largest absolute Gasteiger partial charge is 0.316 e. The highest BCUT2D eigenvalue weighted by molar-refractivity contribution is 7.99. The van der Waals surface area contributed by atoms with E-state index in [-0.39, 0.29) is 11.6 Å². The average Bonchev–Trinajstić information content (AvgIpc) is 2.98. The summed E-state index contributed by atoms with van der Waals surface area (Å²) in [6, 6.07) is 12.1. The van der Waals surface area contributed by atoms with E-state index in [9.17, 15) is 14.9 Å². The van der Waals surface area contributed by atoms with Gasteiger partial charge < -0.3 is 4.57 Å². The number of aromatic nitrogens is 1.